The van der Waals surface area contributed by atoms with E-state index in [9.17, 15) is 4.79 Å². The summed E-state index contributed by atoms with van der Waals surface area (Å²) in [6.07, 6.45) is 0. The summed E-state index contributed by atoms with van der Waals surface area (Å²) in [5.74, 6) is 3.15. The fraction of sp³-hybridized carbons (Fsp3) is 0.233. The lowest BCUT2D eigenvalue weighted by Crippen LogP contribution is -2.31. The zero-order chi connectivity index (χ0) is 28.2. The number of allylic oxidation sites excluding steroid dienone is 1. The highest BCUT2D eigenvalue weighted by Gasteiger charge is 2.35. The maximum absolute atomic E-state index is 13.9. The summed E-state index contributed by atoms with van der Waals surface area (Å²) in [6, 6.07) is 19.8. The number of anilines is 2. The van der Waals surface area contributed by atoms with Gasteiger partial charge in [0, 0.05) is 11.3 Å². The lowest BCUT2D eigenvalue weighted by atomic mass is 9.94. The Hall–Kier alpha value is -4.99. The predicted octanol–water partition coefficient (Wildman–Crippen LogP) is 5.30. The largest absolute Gasteiger partial charge is 0.495 e. The van der Waals surface area contributed by atoms with E-state index in [-0.39, 0.29) is 5.91 Å². The second-order valence-electron chi connectivity index (χ2n) is 9.00. The van der Waals surface area contributed by atoms with Crippen molar-refractivity contribution in [2.24, 2.45) is 0 Å². The van der Waals surface area contributed by atoms with Crippen LogP contribution in [0, 0.1) is 0 Å². The van der Waals surface area contributed by atoms with E-state index in [1.54, 1.807) is 38.1 Å². The zero-order valence-corrected chi connectivity index (χ0v) is 23.0. The van der Waals surface area contributed by atoms with Crippen molar-refractivity contribution in [1.29, 1.82) is 0 Å². The number of nitrogens with one attached hydrogen (secondary N) is 2. The first-order valence-corrected chi connectivity index (χ1v) is 12.8. The maximum Gasteiger partial charge on any atom is 0.255 e. The summed E-state index contributed by atoms with van der Waals surface area (Å²) >= 11 is 0. The van der Waals surface area contributed by atoms with Gasteiger partial charge in [0.1, 0.15) is 17.5 Å². The topological polar surface area (TPSA) is 109 Å². The van der Waals surface area contributed by atoms with Crippen LogP contribution in [0.1, 0.15) is 25.5 Å². The van der Waals surface area contributed by atoms with Gasteiger partial charge in [-0.15, -0.1) is 5.10 Å². The highest BCUT2D eigenvalue weighted by atomic mass is 16.5. The lowest BCUT2D eigenvalue weighted by Gasteiger charge is -2.29. The Kier molecular flexibility index (Phi) is 7.59. The van der Waals surface area contributed by atoms with Crippen molar-refractivity contribution in [3.05, 3.63) is 83.6 Å². The van der Waals surface area contributed by atoms with E-state index in [1.165, 1.54) is 0 Å². The van der Waals surface area contributed by atoms with Crippen LogP contribution in [0.5, 0.6) is 23.0 Å². The Bertz CT molecular complexity index is 1560. The molecule has 0 spiro atoms. The van der Waals surface area contributed by atoms with E-state index in [1.807, 2.05) is 68.4 Å². The SMILES string of the molecule is CCOc1ccc(-c2nc3n(n2)C(c2ccc(OC)c(OC)c2)C(C(=O)Nc2ccccc2OC)=C(C)N3)cc1. The minimum atomic E-state index is -0.616. The van der Waals surface area contributed by atoms with Crippen molar-refractivity contribution in [3.8, 4) is 34.4 Å². The molecule has 0 fully saturated rings. The van der Waals surface area contributed by atoms with Crippen molar-refractivity contribution < 1.29 is 23.7 Å². The summed E-state index contributed by atoms with van der Waals surface area (Å²) in [6.45, 7) is 4.37. The molecule has 1 aliphatic rings. The van der Waals surface area contributed by atoms with Gasteiger partial charge in [-0.05, 0) is 67.9 Å². The molecule has 1 amide bonds. The van der Waals surface area contributed by atoms with Crippen LogP contribution in [0.3, 0.4) is 0 Å². The maximum atomic E-state index is 13.9. The average Bonchev–Trinajstić information content (AvgIpc) is 3.40. The smallest absolute Gasteiger partial charge is 0.255 e. The van der Waals surface area contributed by atoms with Crippen LogP contribution in [-0.4, -0.2) is 48.6 Å². The number of aromatic nitrogens is 3. The van der Waals surface area contributed by atoms with Crippen LogP contribution in [-0.2, 0) is 4.79 Å². The molecular weight excluding hydrogens is 510 g/mol. The molecule has 3 aromatic carbocycles. The van der Waals surface area contributed by atoms with Gasteiger partial charge in [-0.1, -0.05) is 18.2 Å². The molecule has 2 heterocycles. The molecular formula is C30H31N5O5. The van der Waals surface area contributed by atoms with Gasteiger partial charge in [-0.25, -0.2) is 4.68 Å². The van der Waals surface area contributed by atoms with Gasteiger partial charge in [0.05, 0.1) is 39.2 Å². The monoisotopic (exact) mass is 541 g/mol. The molecule has 0 saturated heterocycles. The number of carbonyl (C=O) groups is 1. The fourth-order valence-corrected chi connectivity index (χ4v) is 4.70. The molecule has 2 N–H and O–H groups in total. The molecule has 1 unspecified atom stereocenters. The molecule has 1 aromatic heterocycles. The van der Waals surface area contributed by atoms with E-state index in [0.29, 0.717) is 52.6 Å². The summed E-state index contributed by atoms with van der Waals surface area (Å²) in [5, 5.41) is 11.1. The van der Waals surface area contributed by atoms with Gasteiger partial charge in [0.15, 0.2) is 17.3 Å². The molecule has 0 aliphatic carbocycles. The van der Waals surface area contributed by atoms with E-state index >= 15 is 0 Å². The average molecular weight is 542 g/mol. The van der Waals surface area contributed by atoms with Crippen molar-refractivity contribution in [2.75, 3.05) is 38.6 Å². The van der Waals surface area contributed by atoms with Crippen molar-refractivity contribution in [2.45, 2.75) is 19.9 Å². The zero-order valence-electron chi connectivity index (χ0n) is 23.0. The fourth-order valence-electron chi connectivity index (χ4n) is 4.70. The van der Waals surface area contributed by atoms with E-state index in [2.05, 4.69) is 10.6 Å². The molecule has 0 saturated carbocycles. The number of carbonyl (C=O) groups excluding carboxylic acids is 1. The van der Waals surface area contributed by atoms with Crippen molar-refractivity contribution >= 4 is 17.5 Å². The van der Waals surface area contributed by atoms with E-state index in [4.69, 9.17) is 29.0 Å². The third-order valence-corrected chi connectivity index (χ3v) is 6.60. The Morgan fingerprint density at radius 3 is 2.38 bits per heavy atom. The highest BCUT2D eigenvalue weighted by molar-refractivity contribution is 6.06. The number of amides is 1. The minimum absolute atomic E-state index is 0.307. The van der Waals surface area contributed by atoms with Gasteiger partial charge in [0.25, 0.3) is 5.91 Å². The number of fused-ring (bicyclic) bond motifs is 1. The highest BCUT2D eigenvalue weighted by Crippen LogP contribution is 2.40. The summed E-state index contributed by atoms with van der Waals surface area (Å²) in [5.41, 5.74) is 3.25. The normalized spacial score (nSPS) is 14.2. The standard InChI is InChI=1S/C30H31N5O5/c1-6-40-21-14-11-19(12-15-21)28-33-30-31-18(2)26(29(36)32-22-9-7-8-10-23(22)37-3)27(35(30)34-28)20-13-16-24(38-4)25(17-20)39-5/h7-17,27H,6H2,1-5H3,(H,32,36)(H,31,33,34). The van der Waals surface area contributed by atoms with E-state index in [0.717, 1.165) is 16.9 Å². The van der Waals surface area contributed by atoms with Crippen LogP contribution in [0.4, 0.5) is 11.6 Å². The quantitative estimate of drug-likeness (QED) is 0.294. The van der Waals surface area contributed by atoms with E-state index < -0.39 is 6.04 Å². The molecule has 10 nitrogen and oxygen atoms in total. The van der Waals surface area contributed by atoms with Crippen molar-refractivity contribution in [1.82, 2.24) is 14.8 Å². The first-order valence-electron chi connectivity index (χ1n) is 12.8. The van der Waals surface area contributed by atoms with Crippen LogP contribution < -0.4 is 29.6 Å². The molecule has 4 aromatic rings. The summed E-state index contributed by atoms with van der Waals surface area (Å²) in [7, 11) is 4.72. The lowest BCUT2D eigenvalue weighted by molar-refractivity contribution is -0.113. The number of nitrogens with zero attached hydrogens (tertiary/aromatic N) is 3. The Morgan fingerprint density at radius 2 is 1.68 bits per heavy atom. The first kappa shape index (κ1) is 26.6. The van der Waals surface area contributed by atoms with Gasteiger partial charge in [-0.3, -0.25) is 4.79 Å². The third-order valence-electron chi connectivity index (χ3n) is 6.60. The molecule has 0 bridgehead atoms. The second-order valence-corrected chi connectivity index (χ2v) is 9.00. The number of ether oxygens (including phenoxy) is 4. The number of para-hydroxylation sites is 2. The molecule has 40 heavy (non-hydrogen) atoms. The Morgan fingerprint density at radius 1 is 0.950 bits per heavy atom. The van der Waals surface area contributed by atoms with Crippen LogP contribution in [0.15, 0.2) is 78.0 Å². The molecule has 1 atom stereocenters. The summed E-state index contributed by atoms with van der Waals surface area (Å²) < 4.78 is 23.8. The Balaban J connectivity index is 1.60. The molecule has 10 heteroatoms. The summed E-state index contributed by atoms with van der Waals surface area (Å²) in [4.78, 5) is 18.7. The second kappa shape index (κ2) is 11.4. The van der Waals surface area contributed by atoms with Gasteiger partial charge >= 0.3 is 0 Å². The molecule has 0 radical (unpaired) electrons. The van der Waals surface area contributed by atoms with Crippen molar-refractivity contribution in [3.63, 3.8) is 0 Å². The minimum Gasteiger partial charge on any atom is -0.495 e. The predicted molar refractivity (Wildman–Crippen MR) is 152 cm³/mol. The number of benzene rings is 3. The number of hydrogen-bond acceptors (Lipinski definition) is 8. The number of hydrogen-bond donors (Lipinski definition) is 2. The van der Waals surface area contributed by atoms with Gasteiger partial charge < -0.3 is 29.6 Å². The molecule has 5 rings (SSSR count). The van der Waals surface area contributed by atoms with Crippen LogP contribution in [0.2, 0.25) is 0 Å². The van der Waals surface area contributed by atoms with Crippen LogP contribution >= 0.6 is 0 Å². The first-order chi connectivity index (χ1) is 19.5. The molecule has 1 aliphatic heterocycles. The number of rotatable bonds is 9. The third kappa shape index (κ3) is 5.03. The van der Waals surface area contributed by atoms with Gasteiger partial charge in [0.2, 0.25) is 5.95 Å². The number of methoxy groups -OCH3 is 3. The van der Waals surface area contributed by atoms with Gasteiger partial charge in [-0.2, -0.15) is 4.98 Å². The Labute approximate surface area is 232 Å². The molecule has 206 valence electrons. The van der Waals surface area contributed by atoms with Crippen LogP contribution in [0.25, 0.3) is 11.4 Å².